The fourth-order valence-electron chi connectivity index (χ4n) is 3.87. The Kier molecular flexibility index (Phi) is 6.86. The maximum Gasteiger partial charge on any atom is 0.342 e. The van der Waals surface area contributed by atoms with Crippen molar-refractivity contribution in [3.05, 3.63) is 76.9 Å². The first kappa shape index (κ1) is 25.0. The van der Waals surface area contributed by atoms with Crippen molar-refractivity contribution < 1.29 is 23.5 Å². The van der Waals surface area contributed by atoms with Crippen LogP contribution in [0.1, 0.15) is 42.5 Å². The predicted molar refractivity (Wildman–Crippen MR) is 128 cm³/mol. The molecule has 1 atom stereocenters. The number of fused-ring (bicyclic) bond motifs is 1. The zero-order valence-corrected chi connectivity index (χ0v) is 20.0. The Morgan fingerprint density at radius 2 is 2.06 bits per heavy atom. The van der Waals surface area contributed by atoms with Gasteiger partial charge < -0.3 is 15.3 Å². The summed E-state index contributed by atoms with van der Waals surface area (Å²) in [6.07, 6.45) is 3.83. The second-order valence-corrected chi connectivity index (χ2v) is 9.14. The van der Waals surface area contributed by atoms with Gasteiger partial charge in [0.2, 0.25) is 17.8 Å². The summed E-state index contributed by atoms with van der Waals surface area (Å²) in [5.74, 6) is 3.55. The summed E-state index contributed by atoms with van der Waals surface area (Å²) in [5, 5.41) is 16.6. The van der Waals surface area contributed by atoms with Gasteiger partial charge in [0, 0.05) is 36.5 Å². The zero-order chi connectivity index (χ0) is 26.0. The maximum absolute atomic E-state index is 13.8. The van der Waals surface area contributed by atoms with E-state index in [9.17, 15) is 23.5 Å². The lowest BCUT2D eigenvalue weighted by molar-refractivity contribution is -0.120. The molecule has 186 valence electrons. The van der Waals surface area contributed by atoms with E-state index in [1.807, 2.05) is 12.1 Å². The first-order valence-electron chi connectivity index (χ1n) is 11.3. The van der Waals surface area contributed by atoms with E-state index in [1.54, 1.807) is 27.0 Å². The summed E-state index contributed by atoms with van der Waals surface area (Å²) in [6.45, 7) is 3.18. The lowest BCUT2D eigenvalue weighted by Crippen LogP contribution is -2.48. The quantitative estimate of drug-likeness (QED) is 0.432. The molecule has 1 aliphatic heterocycles. The summed E-state index contributed by atoms with van der Waals surface area (Å²) < 4.78 is 27.9. The maximum atomic E-state index is 13.8. The van der Waals surface area contributed by atoms with Gasteiger partial charge in [-0.15, -0.1) is 0 Å². The Bertz CT molecular complexity index is 1380. The number of pyridine rings is 1. The molecular formula is C26H25F2N5O3. The molecule has 4 rings (SSSR count). The van der Waals surface area contributed by atoms with Crippen LogP contribution in [0.15, 0.2) is 42.7 Å². The molecule has 10 heteroatoms. The molecule has 2 N–H and O–H groups in total. The number of likely N-dealkylation sites (N-methyl/N-ethyl adjacent to an activating group) is 1. The Morgan fingerprint density at radius 3 is 2.78 bits per heavy atom. The summed E-state index contributed by atoms with van der Waals surface area (Å²) in [6, 6.07) is 6.47. The summed E-state index contributed by atoms with van der Waals surface area (Å²) in [5.41, 5.74) is 1.84. The van der Waals surface area contributed by atoms with E-state index in [1.165, 1.54) is 23.4 Å². The van der Waals surface area contributed by atoms with Gasteiger partial charge in [0.15, 0.2) is 0 Å². The summed E-state index contributed by atoms with van der Waals surface area (Å²) in [4.78, 5) is 30.6. The van der Waals surface area contributed by atoms with Gasteiger partial charge in [0.25, 0.3) is 0 Å². The Balaban J connectivity index is 1.46. The third kappa shape index (κ3) is 5.75. The molecule has 36 heavy (non-hydrogen) atoms. The zero-order valence-electron chi connectivity index (χ0n) is 20.0. The number of hydrogen-bond acceptors (Lipinski definition) is 5. The van der Waals surface area contributed by atoms with Gasteiger partial charge in [-0.05, 0) is 62.1 Å². The SMILES string of the molecule is CN1C(=O)[C@H](NC(=O)n2cc(Cc3ccc(F)nc3F)cn2)CCc2ccc(C#CC(C)(C)O)cc21. The summed E-state index contributed by atoms with van der Waals surface area (Å²) >= 11 is 0. The fourth-order valence-corrected chi connectivity index (χ4v) is 3.87. The molecule has 0 saturated heterocycles. The second kappa shape index (κ2) is 9.87. The fraction of sp³-hybridized carbons (Fsp3) is 0.308. The second-order valence-electron chi connectivity index (χ2n) is 9.14. The number of aliphatic hydroxyl groups is 1. The Morgan fingerprint density at radius 1 is 1.28 bits per heavy atom. The van der Waals surface area contributed by atoms with E-state index in [2.05, 4.69) is 27.2 Å². The lowest BCUT2D eigenvalue weighted by atomic mass is 10.0. The molecule has 0 bridgehead atoms. The Labute approximate surface area is 207 Å². The number of rotatable bonds is 3. The number of nitrogens with zero attached hydrogens (tertiary/aromatic N) is 4. The molecule has 2 amide bonds. The van der Waals surface area contributed by atoms with Gasteiger partial charge in [0.05, 0.1) is 6.20 Å². The van der Waals surface area contributed by atoms with Crippen LogP contribution in [0.2, 0.25) is 0 Å². The number of nitrogens with one attached hydrogen (secondary N) is 1. The molecule has 8 nitrogen and oxygen atoms in total. The number of halogens is 2. The number of aryl methyl sites for hydroxylation is 1. The predicted octanol–water partition coefficient (Wildman–Crippen LogP) is 2.81. The lowest BCUT2D eigenvalue weighted by Gasteiger charge is -2.22. The molecule has 0 unspecified atom stereocenters. The van der Waals surface area contributed by atoms with E-state index < -0.39 is 29.6 Å². The molecule has 0 fully saturated rings. The molecule has 2 aromatic heterocycles. The van der Waals surface area contributed by atoms with Crippen LogP contribution in [0.3, 0.4) is 0 Å². The normalized spacial score (nSPS) is 15.6. The van der Waals surface area contributed by atoms with Crippen molar-refractivity contribution >= 4 is 17.6 Å². The summed E-state index contributed by atoms with van der Waals surface area (Å²) in [7, 11) is 1.64. The van der Waals surface area contributed by atoms with Crippen LogP contribution in [0.4, 0.5) is 19.3 Å². The van der Waals surface area contributed by atoms with Crippen molar-refractivity contribution in [1.29, 1.82) is 0 Å². The molecule has 0 spiro atoms. The van der Waals surface area contributed by atoms with Gasteiger partial charge in [-0.1, -0.05) is 17.9 Å². The van der Waals surface area contributed by atoms with E-state index in [0.717, 1.165) is 16.3 Å². The first-order chi connectivity index (χ1) is 17.0. The molecule has 3 heterocycles. The van der Waals surface area contributed by atoms with Gasteiger partial charge in [0.1, 0.15) is 11.6 Å². The molecule has 0 radical (unpaired) electrons. The van der Waals surface area contributed by atoms with Crippen molar-refractivity contribution in [3.8, 4) is 11.8 Å². The van der Waals surface area contributed by atoms with Gasteiger partial charge in [-0.2, -0.15) is 23.5 Å². The van der Waals surface area contributed by atoms with Gasteiger partial charge in [-0.3, -0.25) is 4.79 Å². The molecular weight excluding hydrogens is 468 g/mol. The van der Waals surface area contributed by atoms with Crippen LogP contribution in [0.5, 0.6) is 0 Å². The van der Waals surface area contributed by atoms with Crippen molar-refractivity contribution in [2.75, 3.05) is 11.9 Å². The largest absolute Gasteiger partial charge is 0.378 e. The number of aromatic nitrogens is 3. The van der Waals surface area contributed by atoms with Crippen LogP contribution in [0, 0.1) is 23.7 Å². The van der Waals surface area contributed by atoms with Crippen LogP contribution < -0.4 is 10.2 Å². The number of anilines is 1. The highest BCUT2D eigenvalue weighted by Gasteiger charge is 2.30. The average Bonchev–Trinajstić information content (AvgIpc) is 3.25. The smallest absolute Gasteiger partial charge is 0.342 e. The van der Waals surface area contributed by atoms with E-state index >= 15 is 0 Å². The third-order valence-electron chi connectivity index (χ3n) is 5.72. The highest BCUT2D eigenvalue weighted by molar-refractivity contribution is 6.00. The van der Waals surface area contributed by atoms with Crippen LogP contribution in [-0.4, -0.2) is 50.5 Å². The van der Waals surface area contributed by atoms with Crippen LogP contribution in [-0.2, 0) is 17.6 Å². The number of hydrogen-bond donors (Lipinski definition) is 2. The van der Waals surface area contributed by atoms with Crippen molar-refractivity contribution in [3.63, 3.8) is 0 Å². The van der Waals surface area contributed by atoms with Gasteiger partial charge in [-0.25, -0.2) is 4.79 Å². The molecule has 1 aromatic carbocycles. The third-order valence-corrected chi connectivity index (χ3v) is 5.72. The van der Waals surface area contributed by atoms with Crippen molar-refractivity contribution in [2.45, 2.75) is 44.8 Å². The van der Waals surface area contributed by atoms with Crippen molar-refractivity contribution in [2.24, 2.45) is 0 Å². The average molecular weight is 494 g/mol. The minimum absolute atomic E-state index is 0.0749. The Hall–Kier alpha value is -4.10. The molecule has 1 aliphatic rings. The number of amides is 2. The minimum Gasteiger partial charge on any atom is -0.378 e. The first-order valence-corrected chi connectivity index (χ1v) is 11.3. The molecule has 0 saturated carbocycles. The minimum atomic E-state index is -1.14. The van der Waals surface area contributed by atoms with Gasteiger partial charge >= 0.3 is 6.03 Å². The van der Waals surface area contributed by atoms with Crippen LogP contribution >= 0.6 is 0 Å². The topological polar surface area (TPSA) is 100 Å². The van der Waals surface area contributed by atoms with E-state index in [4.69, 9.17) is 0 Å². The highest BCUT2D eigenvalue weighted by Crippen LogP contribution is 2.27. The van der Waals surface area contributed by atoms with E-state index in [-0.39, 0.29) is 17.9 Å². The van der Waals surface area contributed by atoms with E-state index in [0.29, 0.717) is 29.7 Å². The van der Waals surface area contributed by atoms with Crippen molar-refractivity contribution in [1.82, 2.24) is 20.1 Å². The number of benzene rings is 1. The van der Waals surface area contributed by atoms with Crippen LogP contribution in [0.25, 0.3) is 0 Å². The number of carbonyl (C=O) groups excluding carboxylic acids is 2. The molecule has 3 aromatic rings. The monoisotopic (exact) mass is 493 g/mol. The molecule has 0 aliphatic carbocycles. The highest BCUT2D eigenvalue weighted by atomic mass is 19.1. The number of carbonyl (C=O) groups is 2. The standard InChI is InChI=1S/C26H25F2N5O3/c1-26(2,36)11-10-16-4-5-18-6-8-20(24(34)32(3)21(18)13-16)30-25(35)33-15-17(14-29-33)12-19-7-9-22(27)31-23(19)28/h4-5,7,9,13-15,20,36H,6,8,12H2,1-3H3,(H,30,35)/t20-/m1/s1.